The minimum absolute atomic E-state index is 0.0119. The Kier molecular flexibility index (Phi) is 9.25. The van der Waals surface area contributed by atoms with Crippen molar-refractivity contribution in [1.82, 2.24) is 5.32 Å². The van der Waals surface area contributed by atoms with E-state index in [1.54, 1.807) is 25.1 Å². The molecular formula is C26H28ClN3O8S. The first-order valence-corrected chi connectivity index (χ1v) is 13.4. The first-order valence-electron chi connectivity index (χ1n) is 11.6. The first-order chi connectivity index (χ1) is 18.4. The lowest BCUT2D eigenvalue weighted by Crippen LogP contribution is -2.41. The molecule has 0 heterocycles. The maximum atomic E-state index is 13.8. The largest absolute Gasteiger partial charge is 0.495 e. The van der Waals surface area contributed by atoms with E-state index in [0.717, 1.165) is 10.4 Å². The third-order valence-corrected chi connectivity index (χ3v) is 7.94. The molecule has 0 bridgehead atoms. The number of carbonyl (C=O) groups is 1. The molecule has 0 radical (unpaired) electrons. The second kappa shape index (κ2) is 12.2. The number of nitrogens with zero attached hydrogens (tertiary/aromatic N) is 2. The molecule has 208 valence electrons. The molecule has 0 unspecified atom stereocenters. The van der Waals surface area contributed by atoms with E-state index in [1.807, 2.05) is 0 Å². The van der Waals surface area contributed by atoms with E-state index in [9.17, 15) is 23.3 Å². The highest BCUT2D eigenvalue weighted by atomic mass is 35.5. The van der Waals surface area contributed by atoms with E-state index in [1.165, 1.54) is 58.6 Å². The molecule has 13 heteroatoms. The van der Waals surface area contributed by atoms with E-state index in [4.69, 9.17) is 25.8 Å². The van der Waals surface area contributed by atoms with Crippen molar-refractivity contribution in [2.75, 3.05) is 32.2 Å². The normalized spacial score (nSPS) is 11.8. The number of nitro benzene ring substituents is 1. The highest BCUT2D eigenvalue weighted by molar-refractivity contribution is 7.92. The molecule has 0 fully saturated rings. The SMILES string of the molecule is COc1ccc([C@@H](C)NC(=O)CN(c2cc(Cl)ccc2OC)S(=O)(=O)c2ccc(C)c([N+](=O)[O-])c2)cc1OC. The Hall–Kier alpha value is -4.03. The van der Waals surface area contributed by atoms with Crippen LogP contribution >= 0.6 is 11.6 Å². The van der Waals surface area contributed by atoms with Crippen LogP contribution in [0.2, 0.25) is 5.02 Å². The zero-order chi connectivity index (χ0) is 28.9. The molecule has 0 aromatic heterocycles. The summed E-state index contributed by atoms with van der Waals surface area (Å²) < 4.78 is 44.4. The van der Waals surface area contributed by atoms with Crippen LogP contribution < -0.4 is 23.8 Å². The Morgan fingerprint density at radius 2 is 1.64 bits per heavy atom. The second-order valence-corrected chi connectivity index (χ2v) is 10.7. The summed E-state index contributed by atoms with van der Waals surface area (Å²) in [7, 11) is -0.166. The summed E-state index contributed by atoms with van der Waals surface area (Å²) >= 11 is 6.17. The van der Waals surface area contributed by atoms with Crippen molar-refractivity contribution in [3.63, 3.8) is 0 Å². The molecule has 11 nitrogen and oxygen atoms in total. The summed E-state index contributed by atoms with van der Waals surface area (Å²) in [6.45, 7) is 2.55. The van der Waals surface area contributed by atoms with Gasteiger partial charge in [-0.1, -0.05) is 23.7 Å². The van der Waals surface area contributed by atoms with E-state index in [-0.39, 0.29) is 32.6 Å². The molecule has 3 aromatic carbocycles. The molecule has 0 aliphatic rings. The summed E-state index contributed by atoms with van der Waals surface area (Å²) in [6.07, 6.45) is 0. The van der Waals surface area contributed by atoms with Crippen molar-refractivity contribution >= 4 is 38.9 Å². The zero-order valence-corrected chi connectivity index (χ0v) is 23.5. The highest BCUT2D eigenvalue weighted by Crippen LogP contribution is 2.36. The van der Waals surface area contributed by atoms with Crippen molar-refractivity contribution in [1.29, 1.82) is 0 Å². The van der Waals surface area contributed by atoms with Gasteiger partial charge in [0.1, 0.15) is 12.3 Å². The number of nitrogens with one attached hydrogen (secondary N) is 1. The van der Waals surface area contributed by atoms with Crippen molar-refractivity contribution in [3.8, 4) is 17.2 Å². The average molecular weight is 578 g/mol. The molecule has 1 amide bonds. The molecule has 1 atom stereocenters. The van der Waals surface area contributed by atoms with Crippen LogP contribution in [0, 0.1) is 17.0 Å². The third-order valence-electron chi connectivity index (χ3n) is 5.95. The number of hydrogen-bond donors (Lipinski definition) is 1. The fourth-order valence-corrected chi connectivity index (χ4v) is 5.46. The molecule has 0 aliphatic carbocycles. The number of carbonyl (C=O) groups excluding carboxylic acids is 1. The number of benzene rings is 3. The van der Waals surface area contributed by atoms with Gasteiger partial charge in [-0.25, -0.2) is 8.42 Å². The van der Waals surface area contributed by atoms with E-state index >= 15 is 0 Å². The maximum absolute atomic E-state index is 13.8. The number of ether oxygens (including phenoxy) is 3. The minimum Gasteiger partial charge on any atom is -0.495 e. The van der Waals surface area contributed by atoms with E-state index in [0.29, 0.717) is 17.1 Å². The lowest BCUT2D eigenvalue weighted by atomic mass is 10.1. The predicted molar refractivity (Wildman–Crippen MR) is 146 cm³/mol. The minimum atomic E-state index is -4.50. The lowest BCUT2D eigenvalue weighted by molar-refractivity contribution is -0.385. The number of hydrogen-bond acceptors (Lipinski definition) is 8. The summed E-state index contributed by atoms with van der Waals surface area (Å²) in [5, 5.41) is 14.5. The van der Waals surface area contributed by atoms with Crippen LogP contribution in [0.15, 0.2) is 59.5 Å². The van der Waals surface area contributed by atoms with Crippen molar-refractivity contribution < 1.29 is 32.3 Å². The number of halogens is 1. The smallest absolute Gasteiger partial charge is 0.273 e. The highest BCUT2D eigenvalue weighted by Gasteiger charge is 2.32. The van der Waals surface area contributed by atoms with Crippen molar-refractivity contribution in [3.05, 3.63) is 80.9 Å². The van der Waals surface area contributed by atoms with E-state index in [2.05, 4.69) is 5.32 Å². The molecule has 0 aliphatic heterocycles. The topological polar surface area (TPSA) is 137 Å². The van der Waals surface area contributed by atoms with Gasteiger partial charge in [-0.15, -0.1) is 0 Å². The van der Waals surface area contributed by atoms with Gasteiger partial charge in [-0.3, -0.25) is 19.2 Å². The standard InChI is InChI=1S/C26H28ClN3O8S/c1-16-6-9-20(14-21(16)30(32)33)39(34,35)29(22-13-19(27)8-11-23(22)36-3)15-26(31)28-17(2)18-7-10-24(37-4)25(12-18)38-5/h6-14,17H,15H2,1-5H3,(H,28,31)/t17-/m1/s1. The summed E-state index contributed by atoms with van der Waals surface area (Å²) in [4.78, 5) is 23.7. The van der Waals surface area contributed by atoms with Crippen molar-refractivity contribution in [2.24, 2.45) is 0 Å². The van der Waals surface area contributed by atoms with Gasteiger partial charge >= 0.3 is 0 Å². The van der Waals surface area contributed by atoms with E-state index < -0.39 is 33.4 Å². The van der Waals surface area contributed by atoms with Gasteiger partial charge in [-0.2, -0.15) is 0 Å². The Labute approximate surface area is 231 Å². The Balaban J connectivity index is 2.02. The van der Waals surface area contributed by atoms with Crippen molar-refractivity contribution in [2.45, 2.75) is 24.8 Å². The predicted octanol–water partition coefficient (Wildman–Crippen LogP) is 4.66. The number of anilines is 1. The van der Waals surface area contributed by atoms with Gasteiger partial charge in [0.15, 0.2) is 11.5 Å². The number of amides is 1. The summed E-state index contributed by atoms with van der Waals surface area (Å²) in [5.74, 6) is 0.456. The molecule has 0 saturated carbocycles. The number of methoxy groups -OCH3 is 3. The third kappa shape index (κ3) is 6.52. The number of nitro groups is 1. The Morgan fingerprint density at radius 1 is 1.00 bits per heavy atom. The molecule has 39 heavy (non-hydrogen) atoms. The van der Waals surface area contributed by atoms with Gasteiger partial charge < -0.3 is 19.5 Å². The quantitative estimate of drug-likeness (QED) is 0.257. The van der Waals surface area contributed by atoms with Crippen LogP contribution in [0.25, 0.3) is 0 Å². The molecule has 3 rings (SSSR count). The van der Waals surface area contributed by atoms with Crippen LogP contribution in [-0.4, -0.2) is 47.1 Å². The Morgan fingerprint density at radius 3 is 2.26 bits per heavy atom. The molecule has 1 N–H and O–H groups in total. The molecule has 0 spiro atoms. The maximum Gasteiger partial charge on any atom is 0.273 e. The summed E-state index contributed by atoms with van der Waals surface area (Å²) in [6, 6.07) is 12.4. The van der Waals surface area contributed by atoms with Crippen LogP contribution in [0.1, 0.15) is 24.1 Å². The van der Waals surface area contributed by atoms with Crippen LogP contribution in [0.5, 0.6) is 17.2 Å². The number of aryl methyl sites for hydroxylation is 1. The average Bonchev–Trinajstić information content (AvgIpc) is 2.91. The number of rotatable bonds is 11. The molecule has 0 saturated heterocycles. The number of sulfonamides is 1. The second-order valence-electron chi connectivity index (χ2n) is 8.44. The molecule has 3 aromatic rings. The molecular weight excluding hydrogens is 550 g/mol. The fraction of sp³-hybridized carbons (Fsp3) is 0.269. The van der Waals surface area contributed by atoms with Gasteiger partial charge in [0.25, 0.3) is 15.7 Å². The zero-order valence-electron chi connectivity index (χ0n) is 21.9. The van der Waals surface area contributed by atoms with Gasteiger partial charge in [0.2, 0.25) is 5.91 Å². The summed E-state index contributed by atoms with van der Waals surface area (Å²) in [5.41, 5.74) is 0.583. The van der Waals surface area contributed by atoms with Gasteiger partial charge in [-0.05, 0) is 55.8 Å². The van der Waals surface area contributed by atoms with Gasteiger partial charge in [0.05, 0.1) is 42.9 Å². The fourth-order valence-electron chi connectivity index (χ4n) is 3.85. The monoisotopic (exact) mass is 577 g/mol. The van der Waals surface area contributed by atoms with Crippen LogP contribution in [0.4, 0.5) is 11.4 Å². The lowest BCUT2D eigenvalue weighted by Gasteiger charge is -2.26. The van der Waals surface area contributed by atoms with Crippen LogP contribution in [-0.2, 0) is 14.8 Å². The van der Waals surface area contributed by atoms with Crippen LogP contribution in [0.3, 0.4) is 0 Å². The first kappa shape index (κ1) is 29.5. The Bertz CT molecular complexity index is 1500. The van der Waals surface area contributed by atoms with Gasteiger partial charge in [0, 0.05) is 16.7 Å².